The molecule has 1 saturated heterocycles. The zero-order chi connectivity index (χ0) is 9.80. The third-order valence-corrected chi connectivity index (χ3v) is 2.94. The molecule has 4 nitrogen and oxygen atoms in total. The Morgan fingerprint density at radius 1 is 1.07 bits per heavy atom. The molecule has 2 N–H and O–H groups in total. The van der Waals surface area contributed by atoms with Gasteiger partial charge in [0.15, 0.2) is 0 Å². The van der Waals surface area contributed by atoms with E-state index in [1.165, 1.54) is 6.42 Å². The number of nitrogens with one attached hydrogen (secondary N) is 2. The third kappa shape index (κ3) is 2.61. The molecule has 1 saturated carbocycles. The molecule has 1 aliphatic carbocycles. The van der Waals surface area contributed by atoms with Gasteiger partial charge in [0.25, 0.3) is 0 Å². The molecule has 80 valence electrons. The van der Waals surface area contributed by atoms with Crippen LogP contribution in [-0.2, 0) is 4.74 Å². The predicted molar refractivity (Wildman–Crippen MR) is 53.1 cm³/mol. The van der Waals surface area contributed by atoms with Gasteiger partial charge in [0.2, 0.25) is 0 Å². The van der Waals surface area contributed by atoms with Gasteiger partial charge in [-0.15, -0.1) is 0 Å². The highest BCUT2D eigenvalue weighted by atomic mass is 16.5. The van der Waals surface area contributed by atoms with Crippen molar-refractivity contribution in [2.45, 2.75) is 44.2 Å². The van der Waals surface area contributed by atoms with Gasteiger partial charge >= 0.3 is 6.03 Å². The van der Waals surface area contributed by atoms with Gasteiger partial charge in [-0.3, -0.25) is 0 Å². The van der Waals surface area contributed by atoms with E-state index >= 15 is 0 Å². The summed E-state index contributed by atoms with van der Waals surface area (Å²) in [6, 6.07) is 0.605. The number of hydrogen-bond donors (Lipinski definition) is 2. The first kappa shape index (κ1) is 9.77. The summed E-state index contributed by atoms with van der Waals surface area (Å²) in [5.74, 6) is 0. The Labute approximate surface area is 84.4 Å². The second-order valence-electron chi connectivity index (χ2n) is 4.16. The van der Waals surface area contributed by atoms with Crippen LogP contribution in [0.5, 0.6) is 0 Å². The van der Waals surface area contributed by atoms with Crippen molar-refractivity contribution < 1.29 is 9.53 Å². The molecule has 2 rings (SSSR count). The van der Waals surface area contributed by atoms with E-state index in [0.717, 1.165) is 32.3 Å². The maximum Gasteiger partial charge on any atom is 0.315 e. The van der Waals surface area contributed by atoms with Gasteiger partial charge in [-0.25, -0.2) is 4.79 Å². The summed E-state index contributed by atoms with van der Waals surface area (Å²) < 4.78 is 5.29. The lowest BCUT2D eigenvalue weighted by molar-refractivity contribution is 0.0728. The van der Waals surface area contributed by atoms with Gasteiger partial charge in [-0.1, -0.05) is 0 Å². The van der Waals surface area contributed by atoms with E-state index < -0.39 is 0 Å². The van der Waals surface area contributed by atoms with Crippen LogP contribution in [0.1, 0.15) is 32.1 Å². The normalized spacial score (nSPS) is 27.9. The molecule has 4 heteroatoms. The number of urea groups is 1. The number of rotatable bonds is 2. The van der Waals surface area contributed by atoms with E-state index in [2.05, 4.69) is 10.6 Å². The van der Waals surface area contributed by atoms with E-state index in [0.29, 0.717) is 12.6 Å². The zero-order valence-corrected chi connectivity index (χ0v) is 8.42. The zero-order valence-electron chi connectivity index (χ0n) is 8.42. The van der Waals surface area contributed by atoms with E-state index in [1.807, 2.05) is 0 Å². The fraction of sp³-hybridized carbons (Fsp3) is 0.900. The Morgan fingerprint density at radius 2 is 1.79 bits per heavy atom. The van der Waals surface area contributed by atoms with E-state index in [1.54, 1.807) is 0 Å². The van der Waals surface area contributed by atoms with Crippen molar-refractivity contribution in [2.75, 3.05) is 13.2 Å². The van der Waals surface area contributed by atoms with Crippen molar-refractivity contribution in [2.24, 2.45) is 0 Å². The molecule has 1 heterocycles. The quantitative estimate of drug-likeness (QED) is 0.696. The Hall–Kier alpha value is -0.770. The largest absolute Gasteiger partial charge is 0.379 e. The Balaban J connectivity index is 1.64. The summed E-state index contributed by atoms with van der Waals surface area (Å²) in [5, 5.41) is 5.90. The maximum atomic E-state index is 11.4. The van der Waals surface area contributed by atoms with Crippen LogP contribution < -0.4 is 10.6 Å². The summed E-state index contributed by atoms with van der Waals surface area (Å²) in [6.45, 7) is 1.50. The van der Waals surface area contributed by atoms with Gasteiger partial charge < -0.3 is 15.4 Å². The molecule has 0 spiro atoms. The molecule has 1 atom stereocenters. The van der Waals surface area contributed by atoms with Gasteiger partial charge in [0, 0.05) is 12.6 Å². The lowest BCUT2D eigenvalue weighted by Gasteiger charge is -2.29. The van der Waals surface area contributed by atoms with Crippen LogP contribution in [0.15, 0.2) is 0 Å². The standard InChI is InChI=1S/C10H18N2O2/c13-10(11-8-3-1-4-8)12-9-5-2-6-14-7-9/h8-9H,1-7H2,(H2,11,12,13). The smallest absolute Gasteiger partial charge is 0.315 e. The second-order valence-corrected chi connectivity index (χ2v) is 4.16. The average Bonchev–Trinajstić information content (AvgIpc) is 2.13. The molecule has 2 amide bonds. The van der Waals surface area contributed by atoms with Crippen LogP contribution in [0.4, 0.5) is 4.79 Å². The number of amides is 2. The lowest BCUT2D eigenvalue weighted by Crippen LogP contribution is -2.50. The molecule has 0 aromatic heterocycles. The van der Waals surface area contributed by atoms with Crippen molar-refractivity contribution in [3.63, 3.8) is 0 Å². The monoisotopic (exact) mass is 198 g/mol. The van der Waals surface area contributed by atoms with E-state index in [-0.39, 0.29) is 12.1 Å². The lowest BCUT2D eigenvalue weighted by atomic mass is 9.93. The van der Waals surface area contributed by atoms with Crippen LogP contribution in [0.3, 0.4) is 0 Å². The second kappa shape index (κ2) is 4.64. The van der Waals surface area contributed by atoms with Crippen LogP contribution in [-0.4, -0.2) is 31.3 Å². The molecule has 0 aromatic rings. The third-order valence-electron chi connectivity index (χ3n) is 2.94. The van der Waals surface area contributed by atoms with Gasteiger partial charge in [0.05, 0.1) is 12.6 Å². The Bertz CT molecular complexity index is 198. The highest BCUT2D eigenvalue weighted by molar-refractivity contribution is 5.74. The fourth-order valence-corrected chi connectivity index (χ4v) is 1.82. The molecule has 1 unspecified atom stereocenters. The molecule has 1 aliphatic heterocycles. The first-order chi connectivity index (χ1) is 6.84. The minimum absolute atomic E-state index is 0.0230. The van der Waals surface area contributed by atoms with Crippen molar-refractivity contribution in [1.29, 1.82) is 0 Å². The first-order valence-electron chi connectivity index (χ1n) is 5.49. The predicted octanol–water partition coefficient (Wildman–Crippen LogP) is 1.02. The molecule has 2 fully saturated rings. The highest BCUT2D eigenvalue weighted by Crippen LogP contribution is 2.17. The summed E-state index contributed by atoms with van der Waals surface area (Å²) >= 11 is 0. The number of hydrogen-bond acceptors (Lipinski definition) is 2. The Kier molecular flexibility index (Phi) is 3.24. The van der Waals surface area contributed by atoms with Crippen molar-refractivity contribution in [1.82, 2.24) is 10.6 Å². The molecule has 0 radical (unpaired) electrons. The Morgan fingerprint density at radius 3 is 2.36 bits per heavy atom. The molecule has 14 heavy (non-hydrogen) atoms. The number of ether oxygens (including phenoxy) is 1. The number of carbonyl (C=O) groups excluding carboxylic acids is 1. The molecule has 0 aromatic carbocycles. The van der Waals surface area contributed by atoms with Crippen LogP contribution >= 0.6 is 0 Å². The molecule has 2 aliphatic rings. The van der Waals surface area contributed by atoms with E-state index in [9.17, 15) is 4.79 Å². The number of carbonyl (C=O) groups is 1. The fourth-order valence-electron chi connectivity index (χ4n) is 1.82. The van der Waals surface area contributed by atoms with Crippen LogP contribution in [0.2, 0.25) is 0 Å². The molecular weight excluding hydrogens is 180 g/mol. The summed E-state index contributed by atoms with van der Waals surface area (Å²) in [4.78, 5) is 11.4. The molecule has 0 bridgehead atoms. The van der Waals surface area contributed by atoms with Gasteiger partial charge in [-0.05, 0) is 32.1 Å². The van der Waals surface area contributed by atoms with Gasteiger partial charge in [-0.2, -0.15) is 0 Å². The minimum atomic E-state index is -0.0230. The SMILES string of the molecule is O=C(NC1CCC1)NC1CCCOC1. The van der Waals surface area contributed by atoms with Crippen molar-refractivity contribution >= 4 is 6.03 Å². The topological polar surface area (TPSA) is 50.4 Å². The maximum absolute atomic E-state index is 11.4. The first-order valence-corrected chi connectivity index (χ1v) is 5.49. The van der Waals surface area contributed by atoms with Crippen molar-refractivity contribution in [3.05, 3.63) is 0 Å². The van der Waals surface area contributed by atoms with E-state index in [4.69, 9.17) is 4.74 Å². The summed E-state index contributed by atoms with van der Waals surface area (Å²) in [6.07, 6.45) is 5.60. The van der Waals surface area contributed by atoms with Crippen LogP contribution in [0.25, 0.3) is 0 Å². The highest BCUT2D eigenvalue weighted by Gasteiger charge is 2.21. The minimum Gasteiger partial charge on any atom is -0.379 e. The van der Waals surface area contributed by atoms with Crippen molar-refractivity contribution in [3.8, 4) is 0 Å². The van der Waals surface area contributed by atoms with Crippen LogP contribution in [0, 0.1) is 0 Å². The van der Waals surface area contributed by atoms with Gasteiger partial charge in [0.1, 0.15) is 0 Å². The average molecular weight is 198 g/mol. The summed E-state index contributed by atoms with van der Waals surface area (Å²) in [5.41, 5.74) is 0. The summed E-state index contributed by atoms with van der Waals surface area (Å²) in [7, 11) is 0. The molecular formula is C10H18N2O2.